The van der Waals surface area contributed by atoms with Crippen LogP contribution in [0.3, 0.4) is 0 Å². The molecule has 0 aliphatic carbocycles. The molecule has 1 unspecified atom stereocenters. The van der Waals surface area contributed by atoms with Gasteiger partial charge in [0.2, 0.25) is 6.29 Å². The third-order valence-electron chi connectivity index (χ3n) is 2.44. The fourth-order valence-electron chi connectivity index (χ4n) is 1.53. The monoisotopic (exact) mass is 289 g/mol. The van der Waals surface area contributed by atoms with Gasteiger partial charge in [0.25, 0.3) is 0 Å². The SMILES string of the molecule is CCCC(OC(=O)N(C)CCCC(=O)O)OC(C)(C)C. The molecule has 0 aliphatic rings. The van der Waals surface area contributed by atoms with Crippen molar-refractivity contribution in [2.45, 2.75) is 65.3 Å². The van der Waals surface area contributed by atoms with Crippen LogP contribution in [0.25, 0.3) is 0 Å². The average Bonchev–Trinajstić information content (AvgIpc) is 2.26. The van der Waals surface area contributed by atoms with Gasteiger partial charge in [-0.2, -0.15) is 0 Å². The molecule has 0 aliphatic heterocycles. The van der Waals surface area contributed by atoms with Crippen molar-refractivity contribution in [2.75, 3.05) is 13.6 Å². The molecule has 0 aromatic carbocycles. The lowest BCUT2D eigenvalue weighted by molar-refractivity contribution is -0.172. The molecule has 1 atom stereocenters. The van der Waals surface area contributed by atoms with Gasteiger partial charge >= 0.3 is 12.1 Å². The number of carbonyl (C=O) groups is 2. The maximum atomic E-state index is 11.9. The second kappa shape index (κ2) is 8.79. The summed E-state index contributed by atoms with van der Waals surface area (Å²) in [6.45, 7) is 8.04. The number of amides is 1. The number of hydrogen-bond acceptors (Lipinski definition) is 4. The quantitative estimate of drug-likeness (QED) is 0.695. The van der Waals surface area contributed by atoms with Crippen LogP contribution in [0.5, 0.6) is 0 Å². The van der Waals surface area contributed by atoms with Gasteiger partial charge in [-0.1, -0.05) is 13.3 Å². The molecular formula is C14H27NO5. The summed E-state index contributed by atoms with van der Waals surface area (Å²) in [6, 6.07) is 0. The van der Waals surface area contributed by atoms with Crippen molar-refractivity contribution in [1.82, 2.24) is 4.90 Å². The molecule has 118 valence electrons. The van der Waals surface area contributed by atoms with Crippen LogP contribution in [0.15, 0.2) is 0 Å². The van der Waals surface area contributed by atoms with E-state index in [4.69, 9.17) is 14.6 Å². The third kappa shape index (κ3) is 9.61. The van der Waals surface area contributed by atoms with Crippen LogP contribution in [0.1, 0.15) is 53.4 Å². The predicted octanol–water partition coefficient (Wildman–Crippen LogP) is 2.86. The molecule has 1 N–H and O–H groups in total. The number of carboxylic acids is 1. The third-order valence-corrected chi connectivity index (χ3v) is 2.44. The van der Waals surface area contributed by atoms with Crippen LogP contribution in [0.4, 0.5) is 4.79 Å². The van der Waals surface area contributed by atoms with Crippen LogP contribution >= 0.6 is 0 Å². The van der Waals surface area contributed by atoms with Crippen LogP contribution in [0.2, 0.25) is 0 Å². The van der Waals surface area contributed by atoms with Gasteiger partial charge in [-0.15, -0.1) is 0 Å². The normalized spacial score (nSPS) is 12.8. The molecule has 20 heavy (non-hydrogen) atoms. The fraction of sp³-hybridized carbons (Fsp3) is 0.857. The van der Waals surface area contributed by atoms with Crippen molar-refractivity contribution in [3.8, 4) is 0 Å². The lowest BCUT2D eigenvalue weighted by atomic mass is 10.2. The van der Waals surface area contributed by atoms with E-state index < -0.39 is 18.4 Å². The average molecular weight is 289 g/mol. The van der Waals surface area contributed by atoms with Gasteiger partial charge in [-0.3, -0.25) is 4.79 Å². The number of rotatable bonds is 8. The van der Waals surface area contributed by atoms with Crippen LogP contribution in [-0.4, -0.2) is 47.6 Å². The number of nitrogens with zero attached hydrogens (tertiary/aromatic N) is 1. The first-order valence-corrected chi connectivity index (χ1v) is 6.97. The highest BCUT2D eigenvalue weighted by Crippen LogP contribution is 2.16. The Morgan fingerprint density at radius 1 is 1.30 bits per heavy atom. The van der Waals surface area contributed by atoms with Crippen LogP contribution in [-0.2, 0) is 14.3 Å². The van der Waals surface area contributed by atoms with Gasteiger partial charge < -0.3 is 19.5 Å². The molecule has 0 heterocycles. The minimum atomic E-state index is -0.869. The van der Waals surface area contributed by atoms with Gasteiger partial charge in [-0.05, 0) is 27.2 Å². The van der Waals surface area contributed by atoms with E-state index in [0.717, 1.165) is 6.42 Å². The highest BCUT2D eigenvalue weighted by molar-refractivity contribution is 5.68. The minimum Gasteiger partial charge on any atom is -0.481 e. The maximum absolute atomic E-state index is 11.9. The first-order valence-electron chi connectivity index (χ1n) is 6.97. The lowest BCUT2D eigenvalue weighted by Crippen LogP contribution is -2.36. The number of aliphatic carboxylic acids is 1. The summed E-state index contributed by atoms with van der Waals surface area (Å²) < 4.78 is 11.0. The highest BCUT2D eigenvalue weighted by atomic mass is 16.7. The smallest absolute Gasteiger partial charge is 0.411 e. The topological polar surface area (TPSA) is 76.1 Å². The van der Waals surface area contributed by atoms with Crippen LogP contribution in [0, 0.1) is 0 Å². The fourth-order valence-corrected chi connectivity index (χ4v) is 1.53. The zero-order valence-corrected chi connectivity index (χ0v) is 13.1. The highest BCUT2D eigenvalue weighted by Gasteiger charge is 2.23. The molecular weight excluding hydrogens is 262 g/mol. The van der Waals surface area contributed by atoms with Crippen molar-refractivity contribution in [1.29, 1.82) is 0 Å². The largest absolute Gasteiger partial charge is 0.481 e. The number of hydrogen-bond donors (Lipinski definition) is 1. The maximum Gasteiger partial charge on any atom is 0.411 e. The summed E-state index contributed by atoms with van der Waals surface area (Å²) in [4.78, 5) is 23.7. The predicted molar refractivity (Wildman–Crippen MR) is 75.5 cm³/mol. The zero-order chi connectivity index (χ0) is 15.8. The molecule has 0 fully saturated rings. The van der Waals surface area contributed by atoms with E-state index in [1.54, 1.807) is 7.05 Å². The molecule has 0 saturated carbocycles. The molecule has 0 spiro atoms. The van der Waals surface area contributed by atoms with E-state index >= 15 is 0 Å². The number of ether oxygens (including phenoxy) is 2. The Labute approximate surface area is 121 Å². The van der Waals surface area contributed by atoms with Crippen molar-refractivity contribution in [2.24, 2.45) is 0 Å². The van der Waals surface area contributed by atoms with Gasteiger partial charge in [0, 0.05) is 26.4 Å². The second-order valence-corrected chi connectivity index (χ2v) is 5.75. The van der Waals surface area contributed by atoms with E-state index in [2.05, 4.69) is 0 Å². The lowest BCUT2D eigenvalue weighted by Gasteiger charge is -2.28. The van der Waals surface area contributed by atoms with E-state index in [9.17, 15) is 9.59 Å². The summed E-state index contributed by atoms with van der Waals surface area (Å²) in [7, 11) is 1.59. The molecule has 0 radical (unpaired) electrons. The van der Waals surface area contributed by atoms with Gasteiger partial charge in [0.15, 0.2) is 0 Å². The first-order chi connectivity index (χ1) is 9.15. The van der Waals surface area contributed by atoms with Crippen molar-refractivity contribution >= 4 is 12.1 Å². The van der Waals surface area contributed by atoms with Crippen LogP contribution < -0.4 is 0 Å². The molecule has 6 nitrogen and oxygen atoms in total. The summed E-state index contributed by atoms with van der Waals surface area (Å²) in [6.07, 6.45) is 0.851. The number of carboxylic acid groups (broad SMARTS) is 1. The summed E-state index contributed by atoms with van der Waals surface area (Å²) >= 11 is 0. The second-order valence-electron chi connectivity index (χ2n) is 5.75. The summed E-state index contributed by atoms with van der Waals surface area (Å²) in [5.41, 5.74) is -0.387. The summed E-state index contributed by atoms with van der Waals surface area (Å²) in [5, 5.41) is 8.55. The first kappa shape index (κ1) is 18.7. The van der Waals surface area contributed by atoms with E-state index in [0.29, 0.717) is 19.4 Å². The molecule has 0 aromatic rings. The Hall–Kier alpha value is -1.30. The van der Waals surface area contributed by atoms with E-state index in [1.165, 1.54) is 4.90 Å². The Morgan fingerprint density at radius 3 is 2.35 bits per heavy atom. The Morgan fingerprint density at radius 2 is 1.90 bits per heavy atom. The van der Waals surface area contributed by atoms with Crippen molar-refractivity contribution < 1.29 is 24.2 Å². The molecule has 0 aromatic heterocycles. The standard InChI is InChI=1S/C14H27NO5/c1-6-8-12(20-14(2,3)4)19-13(18)15(5)10-7-9-11(16)17/h12H,6-10H2,1-5H3,(H,16,17). The Bertz CT molecular complexity index is 311. The molecule has 1 amide bonds. The minimum absolute atomic E-state index is 0.0362. The van der Waals surface area contributed by atoms with Gasteiger partial charge in [0.05, 0.1) is 5.60 Å². The summed E-state index contributed by atoms with van der Waals surface area (Å²) in [5.74, 6) is -0.869. The van der Waals surface area contributed by atoms with Gasteiger partial charge in [-0.25, -0.2) is 4.79 Å². The van der Waals surface area contributed by atoms with Gasteiger partial charge in [0.1, 0.15) is 0 Å². The molecule has 0 rings (SSSR count). The molecule has 0 bridgehead atoms. The molecule has 0 saturated heterocycles. The van der Waals surface area contributed by atoms with Crippen molar-refractivity contribution in [3.63, 3.8) is 0 Å². The van der Waals surface area contributed by atoms with E-state index in [1.807, 2.05) is 27.7 Å². The Kier molecular flexibility index (Phi) is 8.22. The molecule has 6 heteroatoms. The van der Waals surface area contributed by atoms with E-state index in [-0.39, 0.29) is 12.0 Å². The van der Waals surface area contributed by atoms with Crippen molar-refractivity contribution in [3.05, 3.63) is 0 Å². The number of carbonyl (C=O) groups excluding carboxylic acids is 1. The zero-order valence-electron chi connectivity index (χ0n) is 13.1. The Balaban J connectivity index is 4.26.